The molecule has 140 valence electrons. The van der Waals surface area contributed by atoms with Crippen molar-refractivity contribution >= 4 is 5.96 Å². The smallest absolute Gasteiger partial charge is 0.191 e. The lowest BCUT2D eigenvalue weighted by Crippen LogP contribution is -2.51. The summed E-state index contributed by atoms with van der Waals surface area (Å²) in [5.74, 6) is 1.71. The van der Waals surface area contributed by atoms with Crippen LogP contribution >= 0.6 is 0 Å². The van der Waals surface area contributed by atoms with Gasteiger partial charge in [-0.25, -0.2) is 9.98 Å². The van der Waals surface area contributed by atoms with Gasteiger partial charge in [0.2, 0.25) is 0 Å². The van der Waals surface area contributed by atoms with Gasteiger partial charge in [-0.15, -0.1) is 0 Å². The van der Waals surface area contributed by atoms with Gasteiger partial charge in [0.15, 0.2) is 5.96 Å². The standard InChI is InChI=1S/C19H29N7/c1-3-20-19(21-12-18-22-15-23-25(18)2)24-17-10-7-11-26(14-17)13-16-8-5-4-6-9-16/h4-6,8-9,15,17H,3,7,10-14H2,1-2H3,(H2,20,21,24). The van der Waals surface area contributed by atoms with Gasteiger partial charge in [-0.3, -0.25) is 9.58 Å². The van der Waals surface area contributed by atoms with E-state index in [2.05, 4.69) is 67.9 Å². The van der Waals surface area contributed by atoms with Crippen molar-refractivity contribution in [2.75, 3.05) is 19.6 Å². The first-order valence-corrected chi connectivity index (χ1v) is 9.38. The lowest BCUT2D eigenvalue weighted by molar-refractivity contribution is 0.192. The van der Waals surface area contributed by atoms with Crippen LogP contribution < -0.4 is 10.6 Å². The van der Waals surface area contributed by atoms with Crippen molar-refractivity contribution in [3.05, 3.63) is 48.0 Å². The molecule has 1 saturated heterocycles. The topological polar surface area (TPSA) is 70.4 Å². The molecule has 26 heavy (non-hydrogen) atoms. The molecule has 1 aromatic heterocycles. The Morgan fingerprint density at radius 2 is 2.15 bits per heavy atom. The summed E-state index contributed by atoms with van der Waals surface area (Å²) in [7, 11) is 1.89. The van der Waals surface area contributed by atoms with E-state index in [0.717, 1.165) is 38.0 Å². The highest BCUT2D eigenvalue weighted by molar-refractivity contribution is 5.80. The lowest BCUT2D eigenvalue weighted by atomic mass is 10.0. The zero-order valence-corrected chi connectivity index (χ0v) is 15.7. The maximum absolute atomic E-state index is 4.67. The first-order chi connectivity index (χ1) is 12.7. The highest BCUT2D eigenvalue weighted by Crippen LogP contribution is 2.13. The van der Waals surface area contributed by atoms with Crippen LogP contribution in [-0.2, 0) is 20.1 Å². The van der Waals surface area contributed by atoms with Crippen molar-refractivity contribution in [1.82, 2.24) is 30.3 Å². The molecule has 1 aliphatic heterocycles. The Balaban J connectivity index is 1.56. The van der Waals surface area contributed by atoms with E-state index in [4.69, 9.17) is 0 Å². The van der Waals surface area contributed by atoms with Crippen LogP contribution in [0.25, 0.3) is 0 Å². The van der Waals surface area contributed by atoms with Crippen LogP contribution in [0.2, 0.25) is 0 Å². The van der Waals surface area contributed by atoms with E-state index in [-0.39, 0.29) is 0 Å². The number of guanidine groups is 1. The summed E-state index contributed by atoms with van der Waals surface area (Å²) in [6.07, 6.45) is 3.93. The fourth-order valence-corrected chi connectivity index (χ4v) is 3.28. The number of aryl methyl sites for hydroxylation is 1. The molecule has 0 amide bonds. The predicted octanol–water partition coefficient (Wildman–Crippen LogP) is 1.53. The molecule has 7 nitrogen and oxygen atoms in total. The molecular formula is C19H29N7. The van der Waals surface area contributed by atoms with E-state index in [9.17, 15) is 0 Å². The molecule has 0 spiro atoms. The third kappa shape index (κ3) is 5.29. The number of aliphatic imine (C=N–C) groups is 1. The summed E-state index contributed by atoms with van der Waals surface area (Å²) < 4.78 is 1.76. The molecule has 0 radical (unpaired) electrons. The summed E-state index contributed by atoms with van der Waals surface area (Å²) in [5, 5.41) is 11.0. The number of likely N-dealkylation sites (tertiary alicyclic amines) is 1. The number of nitrogens with zero attached hydrogens (tertiary/aromatic N) is 5. The first-order valence-electron chi connectivity index (χ1n) is 9.38. The van der Waals surface area contributed by atoms with Crippen molar-refractivity contribution in [2.45, 2.75) is 38.9 Å². The minimum atomic E-state index is 0.407. The Kier molecular flexibility index (Phi) is 6.60. The molecule has 0 saturated carbocycles. The van der Waals surface area contributed by atoms with Gasteiger partial charge < -0.3 is 10.6 Å². The summed E-state index contributed by atoms with van der Waals surface area (Å²) in [4.78, 5) is 11.4. The quantitative estimate of drug-likeness (QED) is 0.607. The largest absolute Gasteiger partial charge is 0.357 e. The zero-order valence-electron chi connectivity index (χ0n) is 15.7. The highest BCUT2D eigenvalue weighted by atomic mass is 15.3. The van der Waals surface area contributed by atoms with Gasteiger partial charge in [-0.1, -0.05) is 30.3 Å². The number of piperidine rings is 1. The van der Waals surface area contributed by atoms with Crippen LogP contribution in [0.15, 0.2) is 41.7 Å². The van der Waals surface area contributed by atoms with E-state index in [1.807, 2.05) is 7.05 Å². The molecule has 1 atom stereocenters. The maximum Gasteiger partial charge on any atom is 0.191 e. The predicted molar refractivity (Wildman–Crippen MR) is 104 cm³/mol. The van der Waals surface area contributed by atoms with Gasteiger partial charge in [-0.2, -0.15) is 5.10 Å². The number of hydrogen-bond donors (Lipinski definition) is 2. The molecule has 0 bridgehead atoms. The van der Waals surface area contributed by atoms with Gasteiger partial charge in [0.25, 0.3) is 0 Å². The molecule has 3 rings (SSSR count). The maximum atomic E-state index is 4.67. The second-order valence-corrected chi connectivity index (χ2v) is 6.70. The number of benzene rings is 1. The van der Waals surface area contributed by atoms with Crippen molar-refractivity contribution in [1.29, 1.82) is 0 Å². The third-order valence-corrected chi connectivity index (χ3v) is 4.62. The lowest BCUT2D eigenvalue weighted by Gasteiger charge is -2.34. The first kappa shape index (κ1) is 18.4. The summed E-state index contributed by atoms with van der Waals surface area (Å²) in [6.45, 7) is 6.63. The van der Waals surface area contributed by atoms with Gasteiger partial charge in [0.1, 0.15) is 18.7 Å². The monoisotopic (exact) mass is 355 g/mol. The Morgan fingerprint density at radius 1 is 1.31 bits per heavy atom. The second kappa shape index (κ2) is 9.33. The Hall–Kier alpha value is -2.41. The molecule has 2 N–H and O–H groups in total. The molecule has 1 unspecified atom stereocenters. The van der Waals surface area contributed by atoms with Crippen LogP contribution in [0, 0.1) is 0 Å². The van der Waals surface area contributed by atoms with E-state index in [1.54, 1.807) is 11.0 Å². The average molecular weight is 355 g/mol. The average Bonchev–Trinajstić information content (AvgIpc) is 3.06. The highest BCUT2D eigenvalue weighted by Gasteiger charge is 2.20. The molecule has 1 aromatic carbocycles. The van der Waals surface area contributed by atoms with Gasteiger partial charge in [-0.05, 0) is 31.9 Å². The summed E-state index contributed by atoms with van der Waals surface area (Å²) >= 11 is 0. The van der Waals surface area contributed by atoms with Gasteiger partial charge in [0, 0.05) is 32.7 Å². The minimum absolute atomic E-state index is 0.407. The molecule has 2 aromatic rings. The Bertz CT molecular complexity index is 695. The van der Waals surface area contributed by atoms with Crippen molar-refractivity contribution in [3.8, 4) is 0 Å². The third-order valence-electron chi connectivity index (χ3n) is 4.62. The van der Waals surface area contributed by atoms with Crippen LogP contribution in [0.5, 0.6) is 0 Å². The van der Waals surface area contributed by atoms with Crippen LogP contribution in [0.4, 0.5) is 0 Å². The van der Waals surface area contributed by atoms with E-state index >= 15 is 0 Å². The van der Waals surface area contributed by atoms with Gasteiger partial charge in [0.05, 0.1) is 0 Å². The van der Waals surface area contributed by atoms with Gasteiger partial charge >= 0.3 is 0 Å². The zero-order chi connectivity index (χ0) is 18.2. The van der Waals surface area contributed by atoms with E-state index in [1.165, 1.54) is 18.4 Å². The van der Waals surface area contributed by atoms with E-state index in [0.29, 0.717) is 12.6 Å². The number of aromatic nitrogens is 3. The van der Waals surface area contributed by atoms with Crippen molar-refractivity contribution in [3.63, 3.8) is 0 Å². The molecule has 1 aliphatic rings. The van der Waals surface area contributed by atoms with Crippen molar-refractivity contribution < 1.29 is 0 Å². The fraction of sp³-hybridized carbons (Fsp3) is 0.526. The molecular weight excluding hydrogens is 326 g/mol. The number of hydrogen-bond acceptors (Lipinski definition) is 4. The van der Waals surface area contributed by atoms with Crippen molar-refractivity contribution in [2.24, 2.45) is 12.0 Å². The SMILES string of the molecule is CCNC(=NCc1ncnn1C)NC1CCCN(Cc2ccccc2)C1. The summed E-state index contributed by atoms with van der Waals surface area (Å²) in [6, 6.07) is 11.1. The number of rotatable bonds is 6. The van der Waals surface area contributed by atoms with Crippen LogP contribution in [0.3, 0.4) is 0 Å². The van der Waals surface area contributed by atoms with Crippen LogP contribution in [0.1, 0.15) is 31.2 Å². The molecule has 0 aliphatic carbocycles. The minimum Gasteiger partial charge on any atom is -0.357 e. The fourth-order valence-electron chi connectivity index (χ4n) is 3.28. The Morgan fingerprint density at radius 3 is 2.88 bits per heavy atom. The summed E-state index contributed by atoms with van der Waals surface area (Å²) in [5.41, 5.74) is 1.37. The second-order valence-electron chi connectivity index (χ2n) is 6.70. The van der Waals surface area contributed by atoms with Crippen LogP contribution in [-0.4, -0.2) is 51.3 Å². The normalized spacial score (nSPS) is 18.7. The Labute approximate surface area is 155 Å². The van der Waals surface area contributed by atoms with E-state index < -0.39 is 0 Å². The molecule has 7 heteroatoms. The molecule has 1 fully saturated rings. The number of nitrogens with one attached hydrogen (secondary N) is 2. The molecule has 2 heterocycles.